The van der Waals surface area contributed by atoms with Gasteiger partial charge in [0.15, 0.2) is 0 Å². The standard InChI is InChI=1S/C23H20/c1-17-9-11-18(12-10-17)19-13-15-21(16-14-19)23-8-4-6-20-5-2-3-7-22(20)23/h3-4,6-16H,2,5H2,1H3. The lowest BCUT2D eigenvalue weighted by atomic mass is 9.89. The Hall–Kier alpha value is -2.60. The average molecular weight is 296 g/mol. The monoisotopic (exact) mass is 296 g/mol. The third kappa shape index (κ3) is 2.73. The van der Waals surface area contributed by atoms with Crippen LogP contribution >= 0.6 is 0 Å². The fourth-order valence-electron chi connectivity index (χ4n) is 3.31. The molecule has 1 aliphatic rings. The molecule has 0 radical (unpaired) electrons. The first kappa shape index (κ1) is 14.0. The molecule has 0 fully saturated rings. The van der Waals surface area contributed by atoms with Crippen LogP contribution in [-0.2, 0) is 6.42 Å². The Balaban J connectivity index is 1.72. The van der Waals surface area contributed by atoms with Crippen LogP contribution in [0.1, 0.15) is 23.1 Å². The molecule has 0 heterocycles. The zero-order valence-corrected chi connectivity index (χ0v) is 13.4. The van der Waals surface area contributed by atoms with Crippen molar-refractivity contribution < 1.29 is 0 Å². The molecule has 0 aromatic heterocycles. The van der Waals surface area contributed by atoms with Crippen molar-refractivity contribution in [1.82, 2.24) is 0 Å². The van der Waals surface area contributed by atoms with Crippen LogP contribution in [0.4, 0.5) is 0 Å². The first-order chi connectivity index (χ1) is 11.3. The highest BCUT2D eigenvalue weighted by molar-refractivity contribution is 5.79. The van der Waals surface area contributed by atoms with Gasteiger partial charge in [0.05, 0.1) is 0 Å². The van der Waals surface area contributed by atoms with E-state index in [0.29, 0.717) is 0 Å². The highest BCUT2D eigenvalue weighted by Gasteiger charge is 2.10. The van der Waals surface area contributed by atoms with Crippen LogP contribution in [0.2, 0.25) is 0 Å². The van der Waals surface area contributed by atoms with E-state index in [-0.39, 0.29) is 0 Å². The van der Waals surface area contributed by atoms with Gasteiger partial charge >= 0.3 is 0 Å². The van der Waals surface area contributed by atoms with Crippen molar-refractivity contribution in [3.05, 3.63) is 89.5 Å². The van der Waals surface area contributed by atoms with Gasteiger partial charge in [-0.15, -0.1) is 0 Å². The Morgan fingerprint density at radius 3 is 2.09 bits per heavy atom. The summed E-state index contributed by atoms with van der Waals surface area (Å²) in [5.74, 6) is 0. The number of rotatable bonds is 2. The fraction of sp³-hybridized carbons (Fsp3) is 0.130. The van der Waals surface area contributed by atoms with Crippen LogP contribution in [0.3, 0.4) is 0 Å². The molecule has 0 heteroatoms. The summed E-state index contributed by atoms with van der Waals surface area (Å²) < 4.78 is 0. The van der Waals surface area contributed by atoms with Crippen molar-refractivity contribution in [2.24, 2.45) is 0 Å². The third-order valence-electron chi connectivity index (χ3n) is 4.64. The topological polar surface area (TPSA) is 0 Å². The normalized spacial score (nSPS) is 12.9. The van der Waals surface area contributed by atoms with Gasteiger partial charge in [0.1, 0.15) is 0 Å². The molecule has 1 aliphatic carbocycles. The molecule has 23 heavy (non-hydrogen) atoms. The van der Waals surface area contributed by atoms with Gasteiger partial charge in [-0.3, -0.25) is 0 Å². The van der Waals surface area contributed by atoms with Crippen molar-refractivity contribution in [1.29, 1.82) is 0 Å². The van der Waals surface area contributed by atoms with E-state index in [1.807, 2.05) is 0 Å². The van der Waals surface area contributed by atoms with Crippen molar-refractivity contribution in [2.75, 3.05) is 0 Å². The van der Waals surface area contributed by atoms with Gasteiger partial charge in [0, 0.05) is 0 Å². The van der Waals surface area contributed by atoms with E-state index in [4.69, 9.17) is 0 Å². The number of benzene rings is 3. The molecule has 112 valence electrons. The first-order valence-corrected chi connectivity index (χ1v) is 8.27. The molecule has 3 aromatic carbocycles. The second-order valence-corrected chi connectivity index (χ2v) is 6.26. The van der Waals surface area contributed by atoms with E-state index in [1.54, 1.807) is 0 Å². The fourth-order valence-corrected chi connectivity index (χ4v) is 3.31. The van der Waals surface area contributed by atoms with E-state index in [9.17, 15) is 0 Å². The minimum atomic E-state index is 1.15. The predicted octanol–water partition coefficient (Wildman–Crippen LogP) is 6.29. The molecular weight excluding hydrogens is 276 g/mol. The van der Waals surface area contributed by atoms with Crippen LogP contribution in [-0.4, -0.2) is 0 Å². The lowest BCUT2D eigenvalue weighted by molar-refractivity contribution is 0.986. The van der Waals surface area contributed by atoms with Crippen LogP contribution in [0.5, 0.6) is 0 Å². The molecule has 0 N–H and O–H groups in total. The summed E-state index contributed by atoms with van der Waals surface area (Å²) in [6.07, 6.45) is 6.87. The second-order valence-electron chi connectivity index (χ2n) is 6.26. The van der Waals surface area contributed by atoms with Gasteiger partial charge in [-0.1, -0.05) is 84.4 Å². The SMILES string of the molecule is Cc1ccc(-c2ccc(-c3cccc4c3C=CCC4)cc2)cc1. The van der Waals surface area contributed by atoms with E-state index in [0.717, 1.165) is 12.8 Å². The lowest BCUT2D eigenvalue weighted by Gasteiger charge is -2.15. The maximum Gasteiger partial charge on any atom is -0.0109 e. The number of hydrogen-bond acceptors (Lipinski definition) is 0. The van der Waals surface area contributed by atoms with E-state index in [2.05, 4.69) is 85.8 Å². The van der Waals surface area contributed by atoms with Gasteiger partial charge in [-0.2, -0.15) is 0 Å². The van der Waals surface area contributed by atoms with E-state index >= 15 is 0 Å². The third-order valence-corrected chi connectivity index (χ3v) is 4.64. The molecule has 0 amide bonds. The van der Waals surface area contributed by atoms with Crippen molar-refractivity contribution in [3.63, 3.8) is 0 Å². The number of hydrogen-bond donors (Lipinski definition) is 0. The van der Waals surface area contributed by atoms with Crippen molar-refractivity contribution in [2.45, 2.75) is 19.8 Å². The number of allylic oxidation sites excluding steroid dienone is 1. The quantitative estimate of drug-likeness (QED) is 0.521. The van der Waals surface area contributed by atoms with Gasteiger partial charge in [-0.05, 0) is 53.1 Å². The van der Waals surface area contributed by atoms with E-state index in [1.165, 1.54) is 38.9 Å². The Labute approximate surface area is 138 Å². The Morgan fingerprint density at radius 2 is 1.35 bits per heavy atom. The summed E-state index contributed by atoms with van der Waals surface area (Å²) in [5, 5.41) is 0. The molecular formula is C23H20. The summed E-state index contributed by atoms with van der Waals surface area (Å²) in [6.45, 7) is 2.12. The highest BCUT2D eigenvalue weighted by atomic mass is 14.1. The minimum absolute atomic E-state index is 1.15. The van der Waals surface area contributed by atoms with Crippen LogP contribution < -0.4 is 0 Å². The summed E-state index contributed by atoms with van der Waals surface area (Å²) in [6, 6.07) is 24.3. The first-order valence-electron chi connectivity index (χ1n) is 8.27. The van der Waals surface area contributed by atoms with Gasteiger partial charge < -0.3 is 0 Å². The molecule has 0 spiro atoms. The molecule has 3 aromatic rings. The summed E-state index contributed by atoms with van der Waals surface area (Å²) in [5.41, 5.74) is 9.34. The van der Waals surface area contributed by atoms with Crippen molar-refractivity contribution in [3.8, 4) is 22.3 Å². The predicted molar refractivity (Wildman–Crippen MR) is 99.4 cm³/mol. The largest absolute Gasteiger partial charge is 0.0836 e. The summed E-state index contributed by atoms with van der Waals surface area (Å²) in [4.78, 5) is 0. The zero-order chi connectivity index (χ0) is 15.6. The smallest absolute Gasteiger partial charge is 0.0109 e. The van der Waals surface area contributed by atoms with E-state index < -0.39 is 0 Å². The second kappa shape index (κ2) is 5.89. The van der Waals surface area contributed by atoms with Gasteiger partial charge in [-0.25, -0.2) is 0 Å². The van der Waals surface area contributed by atoms with Gasteiger partial charge in [0.25, 0.3) is 0 Å². The average Bonchev–Trinajstić information content (AvgIpc) is 2.62. The Bertz CT molecular complexity index is 850. The maximum absolute atomic E-state index is 2.28. The summed E-state index contributed by atoms with van der Waals surface area (Å²) in [7, 11) is 0. The zero-order valence-electron chi connectivity index (χ0n) is 13.4. The van der Waals surface area contributed by atoms with Gasteiger partial charge in [0.2, 0.25) is 0 Å². The molecule has 0 unspecified atom stereocenters. The Kier molecular flexibility index (Phi) is 3.59. The number of aryl methyl sites for hydroxylation is 2. The Morgan fingerprint density at radius 1 is 0.696 bits per heavy atom. The summed E-state index contributed by atoms with van der Waals surface area (Å²) >= 11 is 0. The molecule has 0 aliphatic heterocycles. The molecule has 0 saturated heterocycles. The molecule has 4 rings (SSSR count). The van der Waals surface area contributed by atoms with Crippen LogP contribution in [0.25, 0.3) is 28.3 Å². The van der Waals surface area contributed by atoms with Crippen molar-refractivity contribution >= 4 is 6.08 Å². The maximum atomic E-state index is 2.28. The molecule has 0 bridgehead atoms. The molecule has 0 nitrogen and oxygen atoms in total. The number of fused-ring (bicyclic) bond motifs is 1. The minimum Gasteiger partial charge on any atom is -0.0836 e. The lowest BCUT2D eigenvalue weighted by Crippen LogP contribution is -1.96. The van der Waals surface area contributed by atoms with Crippen LogP contribution in [0.15, 0.2) is 72.8 Å². The highest BCUT2D eigenvalue weighted by Crippen LogP contribution is 2.32. The van der Waals surface area contributed by atoms with Crippen LogP contribution in [0, 0.1) is 6.92 Å². The molecule has 0 atom stereocenters. The molecule has 0 saturated carbocycles.